The molecule has 1 aliphatic rings. The van der Waals surface area contributed by atoms with Crippen LogP contribution in [0.5, 0.6) is 0 Å². The summed E-state index contributed by atoms with van der Waals surface area (Å²) in [5, 5.41) is 18.3. The van der Waals surface area contributed by atoms with Gasteiger partial charge in [0, 0.05) is 11.9 Å². The number of halogens is 1. The number of hydrogen-bond acceptors (Lipinski definition) is 3. The average molecular weight is 270 g/mol. The summed E-state index contributed by atoms with van der Waals surface area (Å²) in [6.07, 6.45) is 4.98. The van der Waals surface area contributed by atoms with E-state index in [9.17, 15) is 0 Å². The van der Waals surface area contributed by atoms with Crippen LogP contribution in [0.4, 0.5) is 0 Å². The van der Waals surface area contributed by atoms with Crippen molar-refractivity contribution in [3.05, 3.63) is 0 Å². The Balaban J connectivity index is 2.55. The molecule has 15 heavy (non-hydrogen) atoms. The zero-order valence-electron chi connectivity index (χ0n) is 8.88. The maximum absolute atomic E-state index is 8.68. The summed E-state index contributed by atoms with van der Waals surface area (Å²) in [5.41, 5.74) is 0.299. The first-order valence-corrected chi connectivity index (χ1v) is 6.41. The standard InChI is InChI=1S/C11H16BrN3/c12-9-11(3-1-2-4-11)10-15(7-5-13)8-6-14/h1-4,7-10H2. The second-order valence-corrected chi connectivity index (χ2v) is 4.86. The highest BCUT2D eigenvalue weighted by Gasteiger charge is 2.34. The first kappa shape index (κ1) is 12.5. The predicted octanol–water partition coefficient (Wildman–Crippen LogP) is 2.29. The van der Waals surface area contributed by atoms with Crippen molar-refractivity contribution in [1.82, 2.24) is 4.90 Å². The molecule has 0 N–H and O–H groups in total. The molecule has 1 saturated carbocycles. The number of rotatable bonds is 5. The first-order valence-electron chi connectivity index (χ1n) is 5.28. The van der Waals surface area contributed by atoms with Crippen LogP contribution in [0.3, 0.4) is 0 Å². The second kappa shape index (κ2) is 6.10. The highest BCUT2D eigenvalue weighted by molar-refractivity contribution is 9.09. The molecule has 82 valence electrons. The zero-order valence-corrected chi connectivity index (χ0v) is 10.5. The number of nitriles is 2. The molecule has 0 unspecified atom stereocenters. The summed E-state index contributed by atoms with van der Waals surface area (Å²) < 4.78 is 0. The van der Waals surface area contributed by atoms with Gasteiger partial charge in [-0.25, -0.2) is 0 Å². The van der Waals surface area contributed by atoms with Crippen molar-refractivity contribution in [2.75, 3.05) is 25.0 Å². The molecule has 0 atom stereocenters. The van der Waals surface area contributed by atoms with Gasteiger partial charge >= 0.3 is 0 Å². The molecular weight excluding hydrogens is 254 g/mol. The lowest BCUT2D eigenvalue weighted by atomic mass is 9.88. The van der Waals surface area contributed by atoms with Gasteiger partial charge in [-0.05, 0) is 18.3 Å². The summed E-state index contributed by atoms with van der Waals surface area (Å²) in [4.78, 5) is 1.95. The van der Waals surface area contributed by atoms with Crippen LogP contribution >= 0.6 is 15.9 Å². The van der Waals surface area contributed by atoms with Crippen LogP contribution in [0.1, 0.15) is 25.7 Å². The van der Waals surface area contributed by atoms with Gasteiger partial charge in [-0.1, -0.05) is 28.8 Å². The molecule has 1 rings (SSSR count). The summed E-state index contributed by atoms with van der Waals surface area (Å²) in [5.74, 6) is 0. The fourth-order valence-electron chi connectivity index (χ4n) is 2.30. The molecule has 0 aliphatic heterocycles. The third kappa shape index (κ3) is 3.48. The Morgan fingerprint density at radius 1 is 1.13 bits per heavy atom. The van der Waals surface area contributed by atoms with Crippen LogP contribution in [0.15, 0.2) is 0 Å². The topological polar surface area (TPSA) is 50.8 Å². The molecular formula is C11H16BrN3. The summed E-state index contributed by atoms with van der Waals surface area (Å²) >= 11 is 3.57. The average Bonchev–Trinajstić information content (AvgIpc) is 2.68. The van der Waals surface area contributed by atoms with E-state index in [1.54, 1.807) is 0 Å². The maximum atomic E-state index is 8.68. The molecule has 0 spiro atoms. The lowest BCUT2D eigenvalue weighted by Gasteiger charge is -2.31. The molecule has 0 amide bonds. The molecule has 0 aromatic heterocycles. The minimum Gasteiger partial charge on any atom is -0.277 e. The lowest BCUT2D eigenvalue weighted by molar-refractivity contribution is 0.204. The van der Waals surface area contributed by atoms with Crippen LogP contribution < -0.4 is 0 Å². The van der Waals surface area contributed by atoms with E-state index in [-0.39, 0.29) is 0 Å². The van der Waals surface area contributed by atoms with Gasteiger partial charge in [-0.2, -0.15) is 10.5 Å². The van der Waals surface area contributed by atoms with Crippen LogP contribution in [0, 0.1) is 28.1 Å². The van der Waals surface area contributed by atoms with Crippen molar-refractivity contribution in [1.29, 1.82) is 10.5 Å². The third-order valence-corrected chi connectivity index (χ3v) is 4.28. The largest absolute Gasteiger partial charge is 0.277 e. The molecule has 1 aliphatic carbocycles. The van der Waals surface area contributed by atoms with Gasteiger partial charge in [-0.3, -0.25) is 4.90 Å². The monoisotopic (exact) mass is 269 g/mol. The molecule has 0 saturated heterocycles. The Morgan fingerprint density at radius 3 is 2.07 bits per heavy atom. The fraction of sp³-hybridized carbons (Fsp3) is 0.818. The minimum atomic E-state index is 0.299. The second-order valence-electron chi connectivity index (χ2n) is 4.30. The maximum Gasteiger partial charge on any atom is 0.0874 e. The van der Waals surface area contributed by atoms with E-state index in [1.165, 1.54) is 25.7 Å². The summed E-state index contributed by atoms with van der Waals surface area (Å²) in [7, 11) is 0. The van der Waals surface area contributed by atoms with Crippen LogP contribution in [-0.2, 0) is 0 Å². The smallest absolute Gasteiger partial charge is 0.0874 e. The van der Waals surface area contributed by atoms with E-state index in [1.807, 2.05) is 4.90 Å². The highest BCUT2D eigenvalue weighted by Crippen LogP contribution is 2.40. The van der Waals surface area contributed by atoms with Gasteiger partial charge in [0.25, 0.3) is 0 Å². The van der Waals surface area contributed by atoms with Gasteiger partial charge in [0.1, 0.15) is 0 Å². The van der Waals surface area contributed by atoms with E-state index in [0.717, 1.165) is 11.9 Å². The molecule has 0 aromatic carbocycles. The number of alkyl halides is 1. The SMILES string of the molecule is N#CCN(CC#N)CC1(CBr)CCCC1. The normalized spacial score (nSPS) is 18.7. The van der Waals surface area contributed by atoms with E-state index >= 15 is 0 Å². The molecule has 4 heteroatoms. The Morgan fingerprint density at radius 2 is 1.67 bits per heavy atom. The number of nitrogens with zero attached hydrogens (tertiary/aromatic N) is 3. The molecule has 0 aromatic rings. The fourth-order valence-corrected chi connectivity index (χ4v) is 3.04. The molecule has 0 bridgehead atoms. The Bertz CT molecular complexity index is 255. The van der Waals surface area contributed by atoms with Crippen molar-refractivity contribution in [2.24, 2.45) is 5.41 Å². The highest BCUT2D eigenvalue weighted by atomic mass is 79.9. The van der Waals surface area contributed by atoms with Gasteiger partial charge in [0.05, 0.1) is 25.2 Å². The van der Waals surface area contributed by atoms with E-state index in [0.29, 0.717) is 18.5 Å². The van der Waals surface area contributed by atoms with Gasteiger partial charge in [0.2, 0.25) is 0 Å². The lowest BCUT2D eigenvalue weighted by Crippen LogP contribution is -2.37. The predicted molar refractivity (Wildman–Crippen MR) is 62.4 cm³/mol. The summed E-state index contributed by atoms with van der Waals surface area (Å²) in [6, 6.07) is 4.25. The van der Waals surface area contributed by atoms with Gasteiger partial charge in [-0.15, -0.1) is 0 Å². The Kier molecular flexibility index (Phi) is 5.08. The van der Waals surface area contributed by atoms with Gasteiger partial charge < -0.3 is 0 Å². The molecule has 3 nitrogen and oxygen atoms in total. The first-order chi connectivity index (χ1) is 7.26. The van der Waals surface area contributed by atoms with Crippen LogP contribution in [0.2, 0.25) is 0 Å². The van der Waals surface area contributed by atoms with E-state index in [4.69, 9.17) is 10.5 Å². The van der Waals surface area contributed by atoms with E-state index < -0.39 is 0 Å². The van der Waals surface area contributed by atoms with Crippen molar-refractivity contribution >= 4 is 15.9 Å². The molecule has 0 radical (unpaired) electrons. The van der Waals surface area contributed by atoms with Crippen LogP contribution in [-0.4, -0.2) is 29.9 Å². The van der Waals surface area contributed by atoms with Crippen molar-refractivity contribution in [3.8, 4) is 12.1 Å². The molecule has 1 fully saturated rings. The Hall–Kier alpha value is -0.580. The van der Waals surface area contributed by atoms with Gasteiger partial charge in [0.15, 0.2) is 0 Å². The zero-order chi connectivity index (χ0) is 11.1. The third-order valence-electron chi connectivity index (χ3n) is 3.10. The van der Waals surface area contributed by atoms with Crippen molar-refractivity contribution in [3.63, 3.8) is 0 Å². The Labute approximate surface area is 99.8 Å². The van der Waals surface area contributed by atoms with Crippen molar-refractivity contribution < 1.29 is 0 Å². The van der Waals surface area contributed by atoms with Crippen molar-refractivity contribution in [2.45, 2.75) is 25.7 Å². The van der Waals surface area contributed by atoms with Crippen LogP contribution in [0.25, 0.3) is 0 Å². The summed E-state index contributed by atoms with van der Waals surface area (Å²) in [6.45, 7) is 1.60. The number of hydrogen-bond donors (Lipinski definition) is 0. The molecule has 0 heterocycles. The quantitative estimate of drug-likeness (QED) is 0.569. The van der Waals surface area contributed by atoms with E-state index in [2.05, 4.69) is 28.1 Å². The minimum absolute atomic E-state index is 0.299.